The number of aromatic nitrogens is 4. The Morgan fingerprint density at radius 1 is 1.19 bits per heavy atom. The number of amides is 1. The fourth-order valence-corrected chi connectivity index (χ4v) is 3.16. The van der Waals surface area contributed by atoms with Crippen molar-refractivity contribution < 1.29 is 13.2 Å². The zero-order valence-corrected chi connectivity index (χ0v) is 18.0. The molecule has 2 heterocycles. The molecule has 0 bridgehead atoms. The van der Waals surface area contributed by atoms with Gasteiger partial charge in [0.05, 0.1) is 18.1 Å². The summed E-state index contributed by atoms with van der Waals surface area (Å²) in [6, 6.07) is 7.60. The topological polar surface area (TPSA) is 157 Å². The number of primary amides is 1. The Morgan fingerprint density at radius 3 is 2.65 bits per heavy atom. The zero-order chi connectivity index (χ0) is 22.4. The van der Waals surface area contributed by atoms with E-state index in [1.807, 2.05) is 31.2 Å². The van der Waals surface area contributed by atoms with Crippen molar-refractivity contribution in [1.29, 1.82) is 0 Å². The normalized spacial score (nSPS) is 11.3. The van der Waals surface area contributed by atoms with Gasteiger partial charge in [0.1, 0.15) is 12.4 Å². The SMILES string of the molecule is Cc1cnc(Nc2cnn(CC(N)=O)c2)nc1NCc1cccc(CNS(C)(=O)=O)c1. The highest BCUT2D eigenvalue weighted by atomic mass is 32.2. The molecular weight excluding hydrogens is 420 g/mol. The van der Waals surface area contributed by atoms with Gasteiger partial charge in [-0.05, 0) is 18.1 Å². The molecule has 31 heavy (non-hydrogen) atoms. The van der Waals surface area contributed by atoms with Crippen LogP contribution in [0.3, 0.4) is 0 Å². The predicted molar refractivity (Wildman–Crippen MR) is 117 cm³/mol. The van der Waals surface area contributed by atoms with Crippen molar-refractivity contribution in [2.45, 2.75) is 26.6 Å². The maximum atomic E-state index is 11.3. The van der Waals surface area contributed by atoms with Crippen LogP contribution in [0.1, 0.15) is 16.7 Å². The Morgan fingerprint density at radius 2 is 1.94 bits per heavy atom. The van der Waals surface area contributed by atoms with Crippen LogP contribution < -0.4 is 21.1 Å². The lowest BCUT2D eigenvalue weighted by molar-refractivity contribution is -0.118. The lowest BCUT2D eigenvalue weighted by Gasteiger charge is -2.11. The molecule has 0 atom stereocenters. The van der Waals surface area contributed by atoms with Crippen molar-refractivity contribution in [1.82, 2.24) is 24.5 Å². The minimum Gasteiger partial charge on any atom is -0.368 e. The smallest absolute Gasteiger partial charge is 0.239 e. The van der Waals surface area contributed by atoms with Gasteiger partial charge < -0.3 is 16.4 Å². The van der Waals surface area contributed by atoms with E-state index in [4.69, 9.17) is 5.73 Å². The number of benzene rings is 1. The Labute approximate surface area is 180 Å². The van der Waals surface area contributed by atoms with E-state index in [1.165, 1.54) is 4.68 Å². The fourth-order valence-electron chi connectivity index (χ4n) is 2.73. The van der Waals surface area contributed by atoms with E-state index < -0.39 is 15.9 Å². The minimum atomic E-state index is -3.25. The molecule has 0 radical (unpaired) electrons. The molecule has 0 saturated heterocycles. The summed E-state index contributed by atoms with van der Waals surface area (Å²) in [7, 11) is -3.25. The van der Waals surface area contributed by atoms with Gasteiger partial charge in [0.15, 0.2) is 0 Å². The minimum absolute atomic E-state index is 0.0119. The maximum absolute atomic E-state index is 11.3. The molecule has 164 valence electrons. The summed E-state index contributed by atoms with van der Waals surface area (Å²) < 4.78 is 26.5. The Bertz CT molecular complexity index is 1180. The molecule has 0 aliphatic carbocycles. The van der Waals surface area contributed by atoms with E-state index in [1.54, 1.807) is 18.6 Å². The zero-order valence-electron chi connectivity index (χ0n) is 17.2. The molecule has 0 spiro atoms. The molecule has 3 rings (SSSR count). The van der Waals surface area contributed by atoms with Gasteiger partial charge in [0, 0.05) is 31.0 Å². The van der Waals surface area contributed by atoms with Crippen molar-refractivity contribution in [2.24, 2.45) is 5.73 Å². The van der Waals surface area contributed by atoms with Gasteiger partial charge in [-0.3, -0.25) is 9.48 Å². The number of hydrogen-bond donors (Lipinski definition) is 4. The van der Waals surface area contributed by atoms with Crippen LogP contribution in [0.2, 0.25) is 0 Å². The van der Waals surface area contributed by atoms with Crippen molar-refractivity contribution in [3.05, 3.63) is 59.5 Å². The molecule has 0 unspecified atom stereocenters. The number of carbonyl (C=O) groups is 1. The molecule has 1 amide bonds. The first-order chi connectivity index (χ1) is 14.7. The summed E-state index contributed by atoms with van der Waals surface area (Å²) in [6.07, 6.45) is 6.01. The molecule has 11 nitrogen and oxygen atoms in total. The quantitative estimate of drug-likeness (QED) is 0.359. The predicted octanol–water partition coefficient (Wildman–Crippen LogP) is 0.872. The summed E-state index contributed by atoms with van der Waals surface area (Å²) in [6.45, 7) is 2.61. The van der Waals surface area contributed by atoms with Crippen LogP contribution in [-0.2, 0) is 34.5 Å². The Balaban J connectivity index is 1.64. The second-order valence-corrected chi connectivity index (χ2v) is 8.84. The van der Waals surface area contributed by atoms with E-state index in [0.717, 1.165) is 22.9 Å². The number of anilines is 3. The third kappa shape index (κ3) is 7.04. The van der Waals surface area contributed by atoms with E-state index >= 15 is 0 Å². The van der Waals surface area contributed by atoms with Crippen LogP contribution in [0.4, 0.5) is 17.5 Å². The Kier molecular flexibility index (Phi) is 6.82. The number of nitrogens with zero attached hydrogens (tertiary/aromatic N) is 4. The van der Waals surface area contributed by atoms with Gasteiger partial charge in [0.2, 0.25) is 21.9 Å². The number of hydrogen-bond acceptors (Lipinski definition) is 8. The summed E-state index contributed by atoms with van der Waals surface area (Å²) in [5, 5.41) is 10.4. The molecule has 3 aromatic rings. The number of sulfonamides is 1. The van der Waals surface area contributed by atoms with Gasteiger partial charge >= 0.3 is 0 Å². The second kappa shape index (κ2) is 9.53. The van der Waals surface area contributed by atoms with Crippen LogP contribution in [0.25, 0.3) is 0 Å². The number of nitrogens with one attached hydrogen (secondary N) is 3. The van der Waals surface area contributed by atoms with Gasteiger partial charge in [-0.1, -0.05) is 24.3 Å². The highest BCUT2D eigenvalue weighted by Crippen LogP contribution is 2.17. The Hall–Kier alpha value is -3.51. The summed E-state index contributed by atoms with van der Waals surface area (Å²) in [4.78, 5) is 19.7. The lowest BCUT2D eigenvalue weighted by Crippen LogP contribution is -2.21. The first-order valence-electron chi connectivity index (χ1n) is 9.36. The third-order valence-electron chi connectivity index (χ3n) is 4.17. The number of carbonyl (C=O) groups excluding carboxylic acids is 1. The first-order valence-corrected chi connectivity index (χ1v) is 11.2. The van der Waals surface area contributed by atoms with Gasteiger partial charge in [-0.25, -0.2) is 18.1 Å². The highest BCUT2D eigenvalue weighted by Gasteiger charge is 2.07. The van der Waals surface area contributed by atoms with Crippen molar-refractivity contribution in [3.63, 3.8) is 0 Å². The van der Waals surface area contributed by atoms with Gasteiger partial charge in [0.25, 0.3) is 0 Å². The van der Waals surface area contributed by atoms with E-state index in [0.29, 0.717) is 24.0 Å². The molecule has 2 aromatic heterocycles. The van der Waals surface area contributed by atoms with Crippen LogP contribution >= 0.6 is 0 Å². The van der Waals surface area contributed by atoms with Crippen molar-refractivity contribution in [3.8, 4) is 0 Å². The molecule has 0 saturated carbocycles. The second-order valence-electron chi connectivity index (χ2n) is 7.01. The van der Waals surface area contributed by atoms with E-state index in [2.05, 4.69) is 30.4 Å². The number of aryl methyl sites for hydroxylation is 1. The van der Waals surface area contributed by atoms with Gasteiger partial charge in [-0.2, -0.15) is 10.1 Å². The monoisotopic (exact) mass is 444 g/mol. The molecular formula is C19H24N8O3S. The highest BCUT2D eigenvalue weighted by molar-refractivity contribution is 7.88. The fraction of sp³-hybridized carbons (Fsp3) is 0.263. The van der Waals surface area contributed by atoms with E-state index in [-0.39, 0.29) is 13.1 Å². The van der Waals surface area contributed by atoms with Crippen LogP contribution in [0, 0.1) is 6.92 Å². The third-order valence-corrected chi connectivity index (χ3v) is 4.84. The standard InChI is InChI=1S/C19H24N8O3S/c1-13-7-22-19(25-16-10-23-27(11-16)12-17(20)28)26-18(13)21-8-14-4-3-5-15(6-14)9-24-31(2,29)30/h3-7,10-11,24H,8-9,12H2,1-2H3,(H2,20,28)(H2,21,22,25,26). The molecule has 1 aromatic carbocycles. The largest absolute Gasteiger partial charge is 0.368 e. The maximum Gasteiger partial charge on any atom is 0.239 e. The average molecular weight is 445 g/mol. The van der Waals surface area contributed by atoms with Crippen LogP contribution in [0.5, 0.6) is 0 Å². The van der Waals surface area contributed by atoms with E-state index in [9.17, 15) is 13.2 Å². The molecule has 12 heteroatoms. The van der Waals surface area contributed by atoms with Crippen molar-refractivity contribution in [2.75, 3.05) is 16.9 Å². The summed E-state index contributed by atoms with van der Waals surface area (Å²) in [5.41, 5.74) is 8.50. The number of nitrogens with two attached hydrogens (primary N) is 1. The number of rotatable bonds is 10. The van der Waals surface area contributed by atoms with Crippen LogP contribution in [0.15, 0.2) is 42.9 Å². The molecule has 0 aliphatic rings. The molecule has 5 N–H and O–H groups in total. The van der Waals surface area contributed by atoms with Crippen molar-refractivity contribution >= 4 is 33.4 Å². The summed E-state index contributed by atoms with van der Waals surface area (Å²) in [5.74, 6) is 0.545. The van der Waals surface area contributed by atoms with Gasteiger partial charge in [-0.15, -0.1) is 0 Å². The molecule has 0 aliphatic heterocycles. The van der Waals surface area contributed by atoms with Crippen LogP contribution in [-0.4, -0.2) is 40.3 Å². The summed E-state index contributed by atoms with van der Waals surface area (Å²) >= 11 is 0. The average Bonchev–Trinajstić information content (AvgIpc) is 3.12. The first kappa shape index (κ1) is 22.2. The lowest BCUT2D eigenvalue weighted by atomic mass is 10.1. The molecule has 0 fully saturated rings.